The molecule has 1 aromatic heterocycles. The van der Waals surface area contributed by atoms with E-state index >= 15 is 0 Å². The van der Waals surface area contributed by atoms with Gasteiger partial charge in [0.1, 0.15) is 25.5 Å². The summed E-state index contributed by atoms with van der Waals surface area (Å²) in [6.45, 7) is 1.46. The van der Waals surface area contributed by atoms with Crippen LogP contribution in [0.5, 0.6) is 11.5 Å². The molecule has 1 fully saturated rings. The molecule has 1 saturated heterocycles. The van der Waals surface area contributed by atoms with Gasteiger partial charge in [0.15, 0.2) is 11.5 Å². The van der Waals surface area contributed by atoms with E-state index < -0.39 is 5.92 Å². The third-order valence-corrected chi connectivity index (χ3v) is 6.23. The van der Waals surface area contributed by atoms with Crippen LogP contribution in [0.25, 0.3) is 16.7 Å². The Balaban J connectivity index is 1.15. The topological polar surface area (TPSA) is 85.7 Å². The zero-order valence-electron chi connectivity index (χ0n) is 18.3. The summed E-state index contributed by atoms with van der Waals surface area (Å²) in [7, 11) is 0. The van der Waals surface area contributed by atoms with Crippen molar-refractivity contribution in [1.29, 1.82) is 0 Å². The summed E-state index contributed by atoms with van der Waals surface area (Å²) >= 11 is 0. The Labute approximate surface area is 195 Å². The van der Waals surface area contributed by atoms with Crippen LogP contribution in [0.1, 0.15) is 6.42 Å². The van der Waals surface area contributed by atoms with Gasteiger partial charge in [-0.25, -0.2) is 4.98 Å². The Morgan fingerprint density at radius 1 is 0.941 bits per heavy atom. The second kappa shape index (κ2) is 8.22. The van der Waals surface area contributed by atoms with E-state index in [0.29, 0.717) is 49.1 Å². The van der Waals surface area contributed by atoms with Crippen molar-refractivity contribution >= 4 is 34.2 Å². The number of hydrogen-bond acceptors (Lipinski definition) is 5. The molecule has 0 aliphatic carbocycles. The molecule has 0 spiro atoms. The highest BCUT2D eigenvalue weighted by Gasteiger charge is 2.38. The minimum Gasteiger partial charge on any atom is -0.486 e. The van der Waals surface area contributed by atoms with E-state index in [0.717, 1.165) is 16.7 Å². The lowest BCUT2D eigenvalue weighted by Gasteiger charge is -2.22. The van der Waals surface area contributed by atoms with Gasteiger partial charge < -0.3 is 19.7 Å². The van der Waals surface area contributed by atoms with Crippen molar-refractivity contribution in [2.45, 2.75) is 6.42 Å². The molecule has 6 rings (SSSR count). The molecule has 8 nitrogen and oxygen atoms in total. The van der Waals surface area contributed by atoms with Crippen LogP contribution in [0.4, 0.5) is 11.4 Å². The number of rotatable bonds is 4. The zero-order valence-corrected chi connectivity index (χ0v) is 18.3. The van der Waals surface area contributed by atoms with Crippen molar-refractivity contribution in [2.24, 2.45) is 5.92 Å². The number of hydrogen-bond donors (Lipinski definition) is 1. The molecular weight excluding hydrogens is 432 g/mol. The van der Waals surface area contributed by atoms with Crippen LogP contribution < -0.4 is 19.7 Å². The van der Waals surface area contributed by atoms with E-state index in [1.165, 1.54) is 0 Å². The Bertz CT molecular complexity index is 1400. The highest BCUT2D eigenvalue weighted by Crippen LogP contribution is 2.36. The maximum atomic E-state index is 13.0. The van der Waals surface area contributed by atoms with E-state index in [1.54, 1.807) is 23.4 Å². The molecular formula is C26H22N4O4. The van der Waals surface area contributed by atoms with Crippen molar-refractivity contribution in [3.8, 4) is 17.2 Å². The summed E-state index contributed by atoms with van der Waals surface area (Å²) in [6.07, 6.45) is 2.24. The summed E-state index contributed by atoms with van der Waals surface area (Å²) < 4.78 is 13.2. The Morgan fingerprint density at radius 2 is 1.71 bits per heavy atom. The van der Waals surface area contributed by atoms with Crippen LogP contribution >= 0.6 is 0 Å². The van der Waals surface area contributed by atoms with Crippen LogP contribution in [0.2, 0.25) is 0 Å². The lowest BCUT2D eigenvalue weighted by Crippen LogP contribution is -2.33. The first-order valence-corrected chi connectivity index (χ1v) is 11.2. The van der Waals surface area contributed by atoms with Gasteiger partial charge in [0.2, 0.25) is 11.8 Å². The molecule has 1 atom stereocenters. The van der Waals surface area contributed by atoms with Gasteiger partial charge in [0.25, 0.3) is 0 Å². The molecule has 34 heavy (non-hydrogen) atoms. The first-order chi connectivity index (χ1) is 16.7. The molecule has 2 aliphatic heterocycles. The van der Waals surface area contributed by atoms with E-state index in [-0.39, 0.29) is 11.8 Å². The number of anilines is 2. The van der Waals surface area contributed by atoms with E-state index in [9.17, 15) is 9.59 Å². The molecule has 4 aromatic rings. The first-order valence-electron chi connectivity index (χ1n) is 11.2. The molecule has 0 radical (unpaired) electrons. The van der Waals surface area contributed by atoms with Gasteiger partial charge in [0, 0.05) is 29.7 Å². The normalized spacial score (nSPS) is 17.2. The first kappa shape index (κ1) is 20.3. The number of nitrogens with zero attached hydrogens (tertiary/aromatic N) is 3. The van der Waals surface area contributed by atoms with E-state index in [4.69, 9.17) is 9.47 Å². The molecule has 3 aromatic carbocycles. The average Bonchev–Trinajstić information content (AvgIpc) is 3.48. The number of fused-ring (bicyclic) bond motifs is 2. The summed E-state index contributed by atoms with van der Waals surface area (Å²) in [6, 6.07) is 20.8. The van der Waals surface area contributed by atoms with Gasteiger partial charge in [-0.15, -0.1) is 0 Å². The molecule has 0 bridgehead atoms. The second-order valence-corrected chi connectivity index (χ2v) is 8.30. The fraction of sp³-hybridized carbons (Fsp3) is 0.192. The van der Waals surface area contributed by atoms with Crippen molar-refractivity contribution in [3.63, 3.8) is 0 Å². The van der Waals surface area contributed by atoms with Crippen molar-refractivity contribution in [1.82, 2.24) is 9.55 Å². The number of imidazole rings is 1. The molecule has 2 amide bonds. The minimum absolute atomic E-state index is 0.212. The fourth-order valence-corrected chi connectivity index (χ4v) is 4.48. The number of aromatic nitrogens is 2. The lowest BCUT2D eigenvalue weighted by molar-refractivity contribution is -0.129. The lowest BCUT2D eigenvalue weighted by atomic mass is 10.1. The number of carbonyl (C=O) groups is 2. The van der Waals surface area contributed by atoms with Crippen LogP contribution in [-0.2, 0) is 9.59 Å². The SMILES string of the molecule is O=C(Nc1ccc(-n2cnc3ccccc32)cc1)C1CCN(c2ccc3c(c2)OCCO3)C1=O. The number of amides is 2. The smallest absolute Gasteiger partial charge is 0.239 e. The Hall–Kier alpha value is -4.33. The second-order valence-electron chi connectivity index (χ2n) is 8.30. The van der Waals surface area contributed by atoms with Gasteiger partial charge in [0.05, 0.1) is 11.0 Å². The van der Waals surface area contributed by atoms with Gasteiger partial charge in [-0.1, -0.05) is 12.1 Å². The quantitative estimate of drug-likeness (QED) is 0.474. The van der Waals surface area contributed by atoms with Crippen LogP contribution in [0, 0.1) is 5.92 Å². The largest absolute Gasteiger partial charge is 0.486 e. The summed E-state index contributed by atoms with van der Waals surface area (Å²) in [5.41, 5.74) is 4.22. The van der Waals surface area contributed by atoms with Gasteiger partial charge in [-0.2, -0.15) is 0 Å². The zero-order chi connectivity index (χ0) is 23.1. The van der Waals surface area contributed by atoms with E-state index in [2.05, 4.69) is 10.3 Å². The van der Waals surface area contributed by atoms with Crippen LogP contribution in [0.3, 0.4) is 0 Å². The predicted octanol–water partition coefficient (Wildman–Crippen LogP) is 3.79. The molecule has 1 N–H and O–H groups in total. The predicted molar refractivity (Wildman–Crippen MR) is 128 cm³/mol. The third-order valence-electron chi connectivity index (χ3n) is 6.23. The maximum absolute atomic E-state index is 13.0. The van der Waals surface area contributed by atoms with Gasteiger partial charge in [-0.05, 0) is 55.0 Å². The number of ether oxygens (including phenoxy) is 2. The number of carbonyl (C=O) groups excluding carboxylic acids is 2. The van der Waals surface area contributed by atoms with E-state index in [1.807, 2.05) is 59.2 Å². The monoisotopic (exact) mass is 454 g/mol. The molecule has 170 valence electrons. The Kier molecular flexibility index (Phi) is 4.91. The van der Waals surface area contributed by atoms with Crippen LogP contribution in [-0.4, -0.2) is 41.1 Å². The molecule has 2 aliphatic rings. The summed E-state index contributed by atoms with van der Waals surface area (Å²) in [5.74, 6) is 0.0466. The third kappa shape index (κ3) is 3.53. The maximum Gasteiger partial charge on any atom is 0.239 e. The van der Waals surface area contributed by atoms with Gasteiger partial charge >= 0.3 is 0 Å². The average molecular weight is 454 g/mol. The highest BCUT2D eigenvalue weighted by atomic mass is 16.6. The van der Waals surface area contributed by atoms with Crippen LogP contribution in [0.15, 0.2) is 73.1 Å². The van der Waals surface area contributed by atoms with Gasteiger partial charge in [-0.3, -0.25) is 14.2 Å². The molecule has 1 unspecified atom stereocenters. The van der Waals surface area contributed by atoms with Crippen molar-refractivity contribution in [2.75, 3.05) is 30.0 Å². The minimum atomic E-state index is -0.731. The van der Waals surface area contributed by atoms with Crippen molar-refractivity contribution in [3.05, 3.63) is 73.1 Å². The summed E-state index contributed by atoms with van der Waals surface area (Å²) in [4.78, 5) is 32.0. The number of para-hydroxylation sites is 2. The number of benzene rings is 3. The summed E-state index contributed by atoms with van der Waals surface area (Å²) in [5, 5.41) is 2.89. The molecule has 0 saturated carbocycles. The molecule has 3 heterocycles. The molecule has 8 heteroatoms. The van der Waals surface area contributed by atoms with Crippen molar-refractivity contribution < 1.29 is 19.1 Å². The Morgan fingerprint density at radius 3 is 2.56 bits per heavy atom. The highest BCUT2D eigenvalue weighted by molar-refractivity contribution is 6.13. The standard InChI is InChI=1S/C26H22N4O4/c31-25(20-11-12-29(26(20)32)19-9-10-23-24(15-19)34-14-13-33-23)28-17-5-7-18(8-6-17)30-16-27-21-3-1-2-4-22(21)30/h1-10,15-16,20H,11-14H2,(H,28,31). The fourth-order valence-electron chi connectivity index (χ4n) is 4.48. The number of nitrogens with one attached hydrogen (secondary N) is 1.